The molecular weight excluding hydrogens is 273 g/mol. The summed E-state index contributed by atoms with van der Waals surface area (Å²) in [5, 5.41) is 3.56. The van der Waals surface area contributed by atoms with Crippen LogP contribution in [0.1, 0.15) is 39.0 Å². The lowest BCUT2D eigenvalue weighted by atomic mass is 9.97. The number of thioether (sulfide) groups is 1. The Hall–Kier alpha value is 0.0600. The highest BCUT2D eigenvalue weighted by Gasteiger charge is 2.40. The molecule has 2 fully saturated rings. The summed E-state index contributed by atoms with van der Waals surface area (Å²) in [6.45, 7) is 3.79. The minimum absolute atomic E-state index is 0.116. The maximum absolute atomic E-state index is 12.2. The summed E-state index contributed by atoms with van der Waals surface area (Å²) in [5.41, 5.74) is -4.08. The standard InChI is InChI=1S/C13H23F3N2S/c1-2-5-17-10-8-11-3-4-12(9-10)18(11)6-7-19-13(14,15)16/h10-12,17H,2-9H2,1H3. The van der Waals surface area contributed by atoms with Crippen molar-refractivity contribution in [2.45, 2.75) is 62.7 Å². The smallest absolute Gasteiger partial charge is 0.314 e. The number of alkyl halides is 3. The van der Waals surface area contributed by atoms with E-state index in [0.29, 0.717) is 24.7 Å². The van der Waals surface area contributed by atoms with Gasteiger partial charge in [-0.25, -0.2) is 0 Å². The van der Waals surface area contributed by atoms with Crippen molar-refractivity contribution in [3.8, 4) is 0 Å². The largest absolute Gasteiger partial charge is 0.441 e. The van der Waals surface area contributed by atoms with Crippen molar-refractivity contribution in [3.05, 3.63) is 0 Å². The van der Waals surface area contributed by atoms with Crippen molar-refractivity contribution in [2.75, 3.05) is 18.8 Å². The fourth-order valence-electron chi connectivity index (χ4n) is 3.42. The van der Waals surface area contributed by atoms with E-state index >= 15 is 0 Å². The SMILES string of the molecule is CCCNC1CC2CCC(C1)N2CCSC(F)(F)F. The molecule has 6 heteroatoms. The maximum Gasteiger partial charge on any atom is 0.441 e. The molecule has 0 aliphatic carbocycles. The molecule has 2 aliphatic heterocycles. The molecule has 19 heavy (non-hydrogen) atoms. The second kappa shape index (κ2) is 6.68. The Morgan fingerprint density at radius 2 is 1.84 bits per heavy atom. The molecule has 2 atom stereocenters. The van der Waals surface area contributed by atoms with Gasteiger partial charge in [-0.3, -0.25) is 4.90 Å². The van der Waals surface area contributed by atoms with Gasteiger partial charge >= 0.3 is 5.51 Å². The summed E-state index contributed by atoms with van der Waals surface area (Å²) in [4.78, 5) is 2.32. The third kappa shape index (κ3) is 4.53. The Labute approximate surface area is 117 Å². The van der Waals surface area contributed by atoms with Crippen molar-refractivity contribution in [3.63, 3.8) is 0 Å². The van der Waals surface area contributed by atoms with Crippen LogP contribution in [0.25, 0.3) is 0 Å². The number of piperidine rings is 1. The number of nitrogens with zero attached hydrogens (tertiary/aromatic N) is 1. The van der Waals surface area contributed by atoms with Crippen LogP contribution in [0.2, 0.25) is 0 Å². The molecule has 2 nitrogen and oxygen atoms in total. The van der Waals surface area contributed by atoms with Gasteiger partial charge in [0, 0.05) is 30.4 Å². The minimum Gasteiger partial charge on any atom is -0.314 e. The first-order valence-electron chi connectivity index (χ1n) is 7.19. The lowest BCUT2D eigenvalue weighted by Gasteiger charge is -2.39. The zero-order valence-electron chi connectivity index (χ0n) is 11.4. The van der Waals surface area contributed by atoms with Gasteiger partial charge in [-0.05, 0) is 50.4 Å². The van der Waals surface area contributed by atoms with Crippen LogP contribution < -0.4 is 5.32 Å². The first-order valence-corrected chi connectivity index (χ1v) is 8.18. The van der Waals surface area contributed by atoms with Crippen LogP contribution in [0.4, 0.5) is 13.2 Å². The Morgan fingerprint density at radius 3 is 2.37 bits per heavy atom. The summed E-state index contributed by atoms with van der Waals surface area (Å²) in [6, 6.07) is 1.58. The van der Waals surface area contributed by atoms with Crippen LogP contribution in [-0.4, -0.2) is 47.4 Å². The fourth-order valence-corrected chi connectivity index (χ4v) is 3.95. The summed E-state index contributed by atoms with van der Waals surface area (Å²) in [7, 11) is 0. The minimum atomic E-state index is -4.08. The van der Waals surface area contributed by atoms with Crippen LogP contribution in [0.15, 0.2) is 0 Å². The van der Waals surface area contributed by atoms with Gasteiger partial charge in [0.25, 0.3) is 0 Å². The number of nitrogens with one attached hydrogen (secondary N) is 1. The van der Waals surface area contributed by atoms with Gasteiger partial charge in [-0.1, -0.05) is 6.92 Å². The lowest BCUT2D eigenvalue weighted by Crippen LogP contribution is -2.49. The Bertz CT molecular complexity index is 272. The van der Waals surface area contributed by atoms with Crippen molar-refractivity contribution in [2.24, 2.45) is 0 Å². The molecule has 2 rings (SSSR count). The third-order valence-electron chi connectivity index (χ3n) is 4.18. The highest BCUT2D eigenvalue weighted by atomic mass is 32.2. The molecule has 2 saturated heterocycles. The Balaban J connectivity index is 1.76. The second-order valence-corrected chi connectivity index (χ2v) is 6.70. The van der Waals surface area contributed by atoms with Gasteiger partial charge in [-0.15, -0.1) is 0 Å². The molecule has 112 valence electrons. The molecule has 2 unspecified atom stereocenters. The van der Waals surface area contributed by atoms with E-state index in [1.807, 2.05) is 0 Å². The highest BCUT2D eigenvalue weighted by Crippen LogP contribution is 2.37. The van der Waals surface area contributed by atoms with Crippen LogP contribution in [0.5, 0.6) is 0 Å². The van der Waals surface area contributed by atoms with Crippen LogP contribution in [0, 0.1) is 0 Å². The van der Waals surface area contributed by atoms with E-state index < -0.39 is 5.51 Å². The molecule has 0 radical (unpaired) electrons. The average Bonchev–Trinajstić information content (AvgIpc) is 2.58. The first kappa shape index (κ1) is 15.4. The molecule has 0 amide bonds. The predicted molar refractivity (Wildman–Crippen MR) is 73.3 cm³/mol. The topological polar surface area (TPSA) is 15.3 Å². The number of hydrogen-bond acceptors (Lipinski definition) is 3. The molecule has 2 heterocycles. The van der Waals surface area contributed by atoms with Gasteiger partial charge in [0.15, 0.2) is 0 Å². The Kier molecular flexibility index (Phi) is 5.43. The van der Waals surface area contributed by atoms with Crippen molar-refractivity contribution >= 4 is 11.8 Å². The maximum atomic E-state index is 12.2. The van der Waals surface area contributed by atoms with Crippen LogP contribution in [-0.2, 0) is 0 Å². The van der Waals surface area contributed by atoms with E-state index in [0.717, 1.165) is 38.6 Å². The third-order valence-corrected chi connectivity index (χ3v) is 4.90. The average molecular weight is 296 g/mol. The summed E-state index contributed by atoms with van der Waals surface area (Å²) >= 11 is 0.116. The predicted octanol–water partition coefficient (Wildman–Crippen LogP) is 3.23. The monoisotopic (exact) mass is 296 g/mol. The van der Waals surface area contributed by atoms with E-state index in [4.69, 9.17) is 0 Å². The van der Waals surface area contributed by atoms with Crippen LogP contribution in [0.3, 0.4) is 0 Å². The van der Waals surface area contributed by atoms with Gasteiger partial charge in [-0.2, -0.15) is 13.2 Å². The molecule has 0 spiro atoms. The zero-order chi connectivity index (χ0) is 13.9. The van der Waals surface area contributed by atoms with E-state index in [1.165, 1.54) is 0 Å². The highest BCUT2D eigenvalue weighted by molar-refractivity contribution is 8.00. The molecule has 0 aromatic carbocycles. The van der Waals surface area contributed by atoms with E-state index in [2.05, 4.69) is 17.1 Å². The number of fused-ring (bicyclic) bond motifs is 2. The summed E-state index contributed by atoms with van der Waals surface area (Å²) in [6.07, 6.45) is 5.66. The van der Waals surface area contributed by atoms with Crippen LogP contribution >= 0.6 is 11.8 Å². The molecule has 0 aromatic rings. The van der Waals surface area contributed by atoms with E-state index in [-0.39, 0.29) is 17.5 Å². The lowest BCUT2D eigenvalue weighted by molar-refractivity contribution is -0.0330. The van der Waals surface area contributed by atoms with Crippen molar-refractivity contribution in [1.29, 1.82) is 0 Å². The number of hydrogen-bond donors (Lipinski definition) is 1. The first-order chi connectivity index (χ1) is 8.99. The van der Waals surface area contributed by atoms with E-state index in [9.17, 15) is 13.2 Å². The molecule has 2 bridgehead atoms. The fraction of sp³-hybridized carbons (Fsp3) is 1.00. The quantitative estimate of drug-likeness (QED) is 0.810. The second-order valence-electron chi connectivity index (χ2n) is 5.54. The number of halogens is 3. The van der Waals surface area contributed by atoms with Crippen molar-refractivity contribution < 1.29 is 13.2 Å². The zero-order valence-corrected chi connectivity index (χ0v) is 12.2. The molecule has 1 N–H and O–H groups in total. The molecular formula is C13H23F3N2S. The molecule has 0 saturated carbocycles. The Morgan fingerprint density at radius 1 is 1.21 bits per heavy atom. The van der Waals surface area contributed by atoms with Gasteiger partial charge < -0.3 is 5.32 Å². The molecule has 0 aromatic heterocycles. The van der Waals surface area contributed by atoms with Gasteiger partial charge in [0.2, 0.25) is 0 Å². The van der Waals surface area contributed by atoms with E-state index in [1.54, 1.807) is 0 Å². The molecule has 2 aliphatic rings. The summed E-state index contributed by atoms with van der Waals surface area (Å²) < 4.78 is 36.5. The summed E-state index contributed by atoms with van der Waals surface area (Å²) in [5.74, 6) is 0.170. The van der Waals surface area contributed by atoms with Crippen molar-refractivity contribution in [1.82, 2.24) is 10.2 Å². The van der Waals surface area contributed by atoms with Gasteiger partial charge in [0.1, 0.15) is 0 Å². The number of rotatable bonds is 6. The normalized spacial score (nSPS) is 31.9. The van der Waals surface area contributed by atoms with Gasteiger partial charge in [0.05, 0.1) is 0 Å².